The van der Waals surface area contributed by atoms with Crippen molar-refractivity contribution in [3.8, 4) is 0 Å². The zero-order chi connectivity index (χ0) is 14.0. The van der Waals surface area contributed by atoms with Crippen LogP contribution in [0.15, 0.2) is 16.7 Å². The van der Waals surface area contributed by atoms with Gasteiger partial charge in [-0.15, -0.1) is 0 Å². The van der Waals surface area contributed by atoms with Crippen molar-refractivity contribution in [1.29, 1.82) is 0 Å². The monoisotopic (exact) mass is 325 g/mol. The lowest BCUT2D eigenvalue weighted by molar-refractivity contribution is -0.137. The molecule has 0 radical (unpaired) electrons. The molecule has 0 aromatic carbocycles. The fourth-order valence-corrected chi connectivity index (χ4v) is 1.66. The number of nitrogens with one attached hydrogen (secondary N) is 1. The lowest BCUT2D eigenvalue weighted by Crippen LogP contribution is -2.42. The number of halogens is 4. The summed E-state index contributed by atoms with van der Waals surface area (Å²) in [4.78, 5) is 3.79. The number of nitrogens with zero attached hydrogens (tertiary/aromatic N) is 1. The van der Waals surface area contributed by atoms with E-state index in [9.17, 15) is 13.2 Å². The number of hydrogen-bond acceptors (Lipinski definition) is 3. The van der Waals surface area contributed by atoms with Gasteiger partial charge in [0.1, 0.15) is 5.82 Å². The molecule has 1 aromatic heterocycles. The number of aromatic nitrogens is 1. The Labute approximate surface area is 112 Å². The molecule has 0 aliphatic carbocycles. The Morgan fingerprint density at radius 2 is 2.06 bits per heavy atom. The van der Waals surface area contributed by atoms with Crippen molar-refractivity contribution in [1.82, 2.24) is 4.98 Å². The minimum atomic E-state index is -4.46. The van der Waals surface area contributed by atoms with Crippen LogP contribution in [0.3, 0.4) is 0 Å². The van der Waals surface area contributed by atoms with E-state index in [4.69, 9.17) is 5.73 Å². The van der Waals surface area contributed by atoms with Gasteiger partial charge in [0, 0.05) is 22.8 Å². The zero-order valence-electron chi connectivity index (χ0n) is 10.1. The second-order valence-corrected chi connectivity index (χ2v) is 5.21. The summed E-state index contributed by atoms with van der Waals surface area (Å²) in [5, 5.41) is 2.78. The summed E-state index contributed by atoms with van der Waals surface area (Å²) in [7, 11) is 0. The van der Waals surface area contributed by atoms with Gasteiger partial charge in [0.25, 0.3) is 0 Å². The van der Waals surface area contributed by atoms with Gasteiger partial charge in [0.15, 0.2) is 0 Å². The molecular weight excluding hydrogens is 311 g/mol. The topological polar surface area (TPSA) is 50.9 Å². The molecule has 1 unspecified atom stereocenters. The third kappa shape index (κ3) is 3.58. The van der Waals surface area contributed by atoms with Crippen LogP contribution < -0.4 is 11.1 Å². The number of anilines is 1. The van der Waals surface area contributed by atoms with Gasteiger partial charge in [-0.2, -0.15) is 13.2 Å². The van der Waals surface area contributed by atoms with E-state index >= 15 is 0 Å². The maximum absolute atomic E-state index is 12.9. The third-order valence-electron chi connectivity index (χ3n) is 2.81. The maximum Gasteiger partial charge on any atom is 0.419 e. The second kappa shape index (κ2) is 5.44. The summed E-state index contributed by atoms with van der Waals surface area (Å²) in [6.07, 6.45) is -2.54. The zero-order valence-corrected chi connectivity index (χ0v) is 11.7. The minimum absolute atomic E-state index is 0.194. The highest BCUT2D eigenvalue weighted by molar-refractivity contribution is 9.10. The average Bonchev–Trinajstić information content (AvgIpc) is 2.30. The molecule has 0 amide bonds. The van der Waals surface area contributed by atoms with E-state index in [1.54, 1.807) is 6.92 Å². The average molecular weight is 326 g/mol. The van der Waals surface area contributed by atoms with Crippen LogP contribution in [0.4, 0.5) is 19.0 Å². The normalized spacial score (nSPS) is 15.3. The van der Waals surface area contributed by atoms with Gasteiger partial charge in [-0.1, -0.05) is 6.92 Å². The number of rotatable bonds is 4. The van der Waals surface area contributed by atoms with Crippen molar-refractivity contribution in [2.75, 3.05) is 11.9 Å². The lowest BCUT2D eigenvalue weighted by atomic mass is 9.99. The highest BCUT2D eigenvalue weighted by Gasteiger charge is 2.36. The van der Waals surface area contributed by atoms with Crippen LogP contribution in [0.25, 0.3) is 0 Å². The van der Waals surface area contributed by atoms with E-state index in [0.717, 1.165) is 6.07 Å². The van der Waals surface area contributed by atoms with Gasteiger partial charge < -0.3 is 11.1 Å². The van der Waals surface area contributed by atoms with E-state index in [1.807, 2.05) is 6.92 Å². The minimum Gasteiger partial charge on any atom is -0.363 e. The van der Waals surface area contributed by atoms with E-state index < -0.39 is 17.3 Å². The Bertz CT molecular complexity index is 416. The van der Waals surface area contributed by atoms with Crippen LogP contribution in [0, 0.1) is 0 Å². The molecule has 1 heterocycles. The number of pyridine rings is 1. The molecule has 0 saturated carbocycles. The highest BCUT2D eigenvalue weighted by Crippen LogP contribution is 2.36. The summed E-state index contributed by atoms with van der Waals surface area (Å²) in [6.45, 7) is 3.83. The Balaban J connectivity index is 3.17. The fraction of sp³-hybridized carbons (Fsp3) is 0.545. The number of alkyl halides is 3. The highest BCUT2D eigenvalue weighted by atomic mass is 79.9. The summed E-state index contributed by atoms with van der Waals surface area (Å²) < 4.78 is 38.9. The molecule has 0 spiro atoms. The molecule has 0 aliphatic heterocycles. The van der Waals surface area contributed by atoms with Gasteiger partial charge in [-0.05, 0) is 35.3 Å². The molecule has 3 nitrogen and oxygen atoms in total. The van der Waals surface area contributed by atoms with E-state index in [2.05, 4.69) is 26.2 Å². The fourth-order valence-electron chi connectivity index (χ4n) is 1.32. The van der Waals surface area contributed by atoms with Gasteiger partial charge in [0.05, 0.1) is 5.56 Å². The van der Waals surface area contributed by atoms with Crippen molar-refractivity contribution in [3.05, 3.63) is 22.3 Å². The van der Waals surface area contributed by atoms with Crippen molar-refractivity contribution < 1.29 is 13.2 Å². The van der Waals surface area contributed by atoms with Crippen molar-refractivity contribution in [3.63, 3.8) is 0 Å². The van der Waals surface area contributed by atoms with E-state index in [1.165, 1.54) is 6.20 Å². The molecule has 7 heteroatoms. The SMILES string of the molecule is CCC(C)(CN)Nc1ncc(Br)cc1C(F)(F)F. The Kier molecular flexibility index (Phi) is 4.61. The molecule has 3 N–H and O–H groups in total. The second-order valence-electron chi connectivity index (χ2n) is 4.29. The molecule has 1 rings (SSSR count). The Morgan fingerprint density at radius 1 is 1.44 bits per heavy atom. The third-order valence-corrected chi connectivity index (χ3v) is 3.24. The van der Waals surface area contributed by atoms with Crippen molar-refractivity contribution in [2.24, 2.45) is 5.73 Å². The molecule has 0 bridgehead atoms. The molecular formula is C11H15BrF3N3. The van der Waals surface area contributed by atoms with Crippen LogP contribution in [0.5, 0.6) is 0 Å². The van der Waals surface area contributed by atoms with E-state index in [0.29, 0.717) is 6.42 Å². The first-order valence-electron chi connectivity index (χ1n) is 5.43. The molecule has 1 atom stereocenters. The quantitative estimate of drug-likeness (QED) is 0.892. The summed E-state index contributed by atoms with van der Waals surface area (Å²) >= 11 is 2.99. The van der Waals surface area contributed by atoms with Crippen LogP contribution in [0.1, 0.15) is 25.8 Å². The van der Waals surface area contributed by atoms with Gasteiger partial charge >= 0.3 is 6.18 Å². The van der Waals surface area contributed by atoms with Crippen LogP contribution >= 0.6 is 15.9 Å². The van der Waals surface area contributed by atoms with Gasteiger partial charge in [0.2, 0.25) is 0 Å². The summed E-state index contributed by atoms with van der Waals surface area (Å²) in [5.41, 5.74) is 4.16. The molecule has 102 valence electrons. The van der Waals surface area contributed by atoms with Crippen LogP contribution in [-0.4, -0.2) is 17.1 Å². The maximum atomic E-state index is 12.9. The largest absolute Gasteiger partial charge is 0.419 e. The number of nitrogens with two attached hydrogens (primary N) is 1. The van der Waals surface area contributed by atoms with Crippen molar-refractivity contribution >= 4 is 21.7 Å². The molecule has 1 aromatic rings. The van der Waals surface area contributed by atoms with Crippen LogP contribution in [0.2, 0.25) is 0 Å². The van der Waals surface area contributed by atoms with Crippen molar-refractivity contribution in [2.45, 2.75) is 32.0 Å². The predicted molar refractivity (Wildman–Crippen MR) is 68.3 cm³/mol. The smallest absolute Gasteiger partial charge is 0.363 e. The van der Waals surface area contributed by atoms with Gasteiger partial charge in [-0.3, -0.25) is 0 Å². The standard InChI is InChI=1S/C11H15BrF3N3/c1-3-10(2,6-16)18-9-8(11(13,14)15)4-7(12)5-17-9/h4-5H,3,6,16H2,1-2H3,(H,17,18). The van der Waals surface area contributed by atoms with Gasteiger partial charge in [-0.25, -0.2) is 4.98 Å². The lowest BCUT2D eigenvalue weighted by Gasteiger charge is -2.29. The Hall–Kier alpha value is -0.820. The van der Waals surface area contributed by atoms with E-state index in [-0.39, 0.29) is 16.8 Å². The molecule has 0 aliphatic rings. The first-order chi connectivity index (χ1) is 8.22. The Morgan fingerprint density at radius 3 is 2.50 bits per heavy atom. The predicted octanol–water partition coefficient (Wildman–Crippen LogP) is 3.40. The molecule has 0 fully saturated rings. The number of hydrogen-bond donors (Lipinski definition) is 2. The van der Waals surface area contributed by atoms with Crippen LogP contribution in [-0.2, 0) is 6.18 Å². The molecule has 0 saturated heterocycles. The molecule has 18 heavy (non-hydrogen) atoms. The summed E-state index contributed by atoms with van der Waals surface area (Å²) in [5.74, 6) is -0.194. The first-order valence-corrected chi connectivity index (χ1v) is 6.22. The summed E-state index contributed by atoms with van der Waals surface area (Å²) in [6, 6.07) is 1.00. The first kappa shape index (κ1) is 15.2.